The van der Waals surface area contributed by atoms with Crippen LogP contribution in [0.15, 0.2) is 48.5 Å². The van der Waals surface area contributed by atoms with Crippen LogP contribution in [0, 0.1) is 0 Å². The second kappa shape index (κ2) is 10.8. The van der Waals surface area contributed by atoms with Gasteiger partial charge < -0.3 is 14.2 Å². The van der Waals surface area contributed by atoms with E-state index in [0.717, 1.165) is 59.8 Å². The van der Waals surface area contributed by atoms with Gasteiger partial charge in [0, 0.05) is 54.7 Å². The molecule has 1 aromatic heterocycles. The number of benzene rings is 2. The maximum atomic E-state index is 13.2. The summed E-state index contributed by atoms with van der Waals surface area (Å²) in [5.41, 5.74) is 7.32. The van der Waals surface area contributed by atoms with Crippen molar-refractivity contribution >= 4 is 28.7 Å². The summed E-state index contributed by atoms with van der Waals surface area (Å²) in [6, 6.07) is 15.1. The van der Waals surface area contributed by atoms with Gasteiger partial charge >= 0.3 is 6.03 Å². The topological polar surface area (TPSA) is 93.1 Å². The van der Waals surface area contributed by atoms with Crippen LogP contribution < -0.4 is 5.48 Å². The van der Waals surface area contributed by atoms with Gasteiger partial charge in [-0.1, -0.05) is 43.7 Å². The van der Waals surface area contributed by atoms with Crippen molar-refractivity contribution in [3.05, 3.63) is 70.9 Å². The van der Waals surface area contributed by atoms with Crippen LogP contribution >= 0.6 is 0 Å². The number of para-hydroxylation sites is 1. The maximum absolute atomic E-state index is 13.2. The Labute approximate surface area is 227 Å². The van der Waals surface area contributed by atoms with E-state index in [1.165, 1.54) is 4.90 Å². The van der Waals surface area contributed by atoms with E-state index in [-0.39, 0.29) is 17.8 Å². The lowest BCUT2D eigenvalue weighted by molar-refractivity contribution is -0.186. The first-order chi connectivity index (χ1) is 19.0. The Hall–Kier alpha value is -3.69. The molecule has 4 amide bonds. The van der Waals surface area contributed by atoms with Gasteiger partial charge in [0.05, 0.1) is 6.54 Å². The van der Waals surface area contributed by atoms with Crippen molar-refractivity contribution in [3.8, 4) is 0 Å². The zero-order chi connectivity index (χ0) is 26.9. The number of hydrogen-bond acceptors (Lipinski definition) is 5. The number of unbranched alkanes of at least 4 members (excludes halogenated alkanes) is 1. The van der Waals surface area contributed by atoms with Gasteiger partial charge in [0.1, 0.15) is 6.04 Å². The molecular formula is C30H34N4O5. The average molecular weight is 531 g/mol. The molecule has 1 N–H and O–H groups in total. The second-order valence-electron chi connectivity index (χ2n) is 10.5. The van der Waals surface area contributed by atoms with Crippen LogP contribution in [0.2, 0.25) is 0 Å². The minimum absolute atomic E-state index is 0.0798. The van der Waals surface area contributed by atoms with Crippen molar-refractivity contribution in [1.82, 2.24) is 19.8 Å². The minimum atomic E-state index is -0.430. The lowest BCUT2D eigenvalue weighted by Gasteiger charge is -2.28. The standard InChI is InChI=1S/C30H34N4O5/c1-2-3-15-32-29(36)25-17-23-22-8-4-5-9-24(22)33(26(23)19-34(25)30(32)37)18-20-11-13-21(14-12-20)28(35)31-39-27-10-6-7-16-38-27/h4-5,8-9,11-14,25,27H,2-3,6-7,10,15-19H2,1H3,(H,31,35). The molecule has 2 fully saturated rings. The zero-order valence-electron chi connectivity index (χ0n) is 22.2. The Morgan fingerprint density at radius 1 is 1.10 bits per heavy atom. The number of urea groups is 1. The van der Waals surface area contributed by atoms with Crippen LogP contribution in [0.25, 0.3) is 10.9 Å². The summed E-state index contributed by atoms with van der Waals surface area (Å²) in [4.78, 5) is 47.5. The number of hydrogen-bond donors (Lipinski definition) is 1. The Morgan fingerprint density at radius 3 is 2.69 bits per heavy atom. The van der Waals surface area contributed by atoms with Gasteiger partial charge in [0.15, 0.2) is 6.29 Å². The third kappa shape index (κ3) is 4.81. The monoisotopic (exact) mass is 530 g/mol. The highest BCUT2D eigenvalue weighted by molar-refractivity contribution is 6.05. The van der Waals surface area contributed by atoms with E-state index in [4.69, 9.17) is 9.57 Å². The number of amides is 4. The largest absolute Gasteiger partial charge is 0.350 e. The van der Waals surface area contributed by atoms with Crippen molar-refractivity contribution in [2.24, 2.45) is 0 Å². The highest BCUT2D eigenvalue weighted by Crippen LogP contribution is 2.37. The molecule has 3 aromatic rings. The summed E-state index contributed by atoms with van der Waals surface area (Å²) in [5, 5.41) is 1.12. The number of aromatic nitrogens is 1. The van der Waals surface area contributed by atoms with Crippen molar-refractivity contribution < 1.29 is 24.0 Å². The Morgan fingerprint density at radius 2 is 1.92 bits per heavy atom. The normalized spacial score (nSPS) is 20.8. The molecular weight excluding hydrogens is 496 g/mol. The first kappa shape index (κ1) is 25.6. The number of carbonyl (C=O) groups is 3. The summed E-state index contributed by atoms with van der Waals surface area (Å²) in [6.07, 6.45) is 4.68. The highest BCUT2D eigenvalue weighted by Gasteiger charge is 2.48. The highest BCUT2D eigenvalue weighted by atomic mass is 16.8. The summed E-state index contributed by atoms with van der Waals surface area (Å²) in [7, 11) is 0. The van der Waals surface area contributed by atoms with Gasteiger partial charge in [-0.3, -0.25) is 14.5 Å². The number of carbonyl (C=O) groups excluding carboxylic acids is 3. The van der Waals surface area contributed by atoms with Gasteiger partial charge in [0.2, 0.25) is 0 Å². The van der Waals surface area contributed by atoms with Gasteiger partial charge in [-0.25, -0.2) is 15.1 Å². The molecule has 2 atom stereocenters. The maximum Gasteiger partial charge on any atom is 0.327 e. The molecule has 2 saturated heterocycles. The molecule has 0 bridgehead atoms. The molecule has 204 valence electrons. The molecule has 2 unspecified atom stereocenters. The fourth-order valence-corrected chi connectivity index (χ4v) is 5.89. The van der Waals surface area contributed by atoms with Gasteiger partial charge in [0.25, 0.3) is 11.8 Å². The first-order valence-corrected chi connectivity index (χ1v) is 13.9. The molecule has 3 aliphatic rings. The van der Waals surface area contributed by atoms with Crippen LogP contribution in [0.4, 0.5) is 4.79 Å². The number of nitrogens with zero attached hydrogens (tertiary/aromatic N) is 3. The number of nitrogens with one attached hydrogen (secondary N) is 1. The van der Waals surface area contributed by atoms with E-state index < -0.39 is 12.3 Å². The molecule has 3 aliphatic heterocycles. The van der Waals surface area contributed by atoms with Crippen molar-refractivity contribution in [2.75, 3.05) is 13.2 Å². The van der Waals surface area contributed by atoms with Gasteiger partial charge in [-0.2, -0.15) is 0 Å². The van der Waals surface area contributed by atoms with Crippen LogP contribution in [0.5, 0.6) is 0 Å². The van der Waals surface area contributed by atoms with Crippen LogP contribution in [-0.2, 0) is 33.9 Å². The van der Waals surface area contributed by atoms with Crippen molar-refractivity contribution in [2.45, 2.75) is 70.9 Å². The van der Waals surface area contributed by atoms with Gasteiger partial charge in [-0.05, 0) is 48.6 Å². The molecule has 4 heterocycles. The predicted molar refractivity (Wildman–Crippen MR) is 145 cm³/mol. The Balaban J connectivity index is 1.21. The summed E-state index contributed by atoms with van der Waals surface area (Å²) in [6.45, 7) is 4.17. The molecule has 2 aromatic carbocycles. The van der Waals surface area contributed by atoms with E-state index in [1.54, 1.807) is 17.0 Å². The molecule has 0 radical (unpaired) electrons. The van der Waals surface area contributed by atoms with Crippen molar-refractivity contribution in [3.63, 3.8) is 0 Å². The molecule has 9 nitrogen and oxygen atoms in total. The third-order valence-corrected chi connectivity index (χ3v) is 8.03. The SMILES string of the molecule is CCCCN1C(=O)C2Cc3c(n(Cc4ccc(C(=O)NOC5CCCCO5)cc4)c4ccccc34)CN2C1=O. The molecule has 0 aliphatic carbocycles. The molecule has 0 saturated carbocycles. The number of fused-ring (bicyclic) bond motifs is 4. The quantitative estimate of drug-likeness (QED) is 0.345. The fraction of sp³-hybridized carbons (Fsp3) is 0.433. The van der Waals surface area contributed by atoms with Gasteiger partial charge in [-0.15, -0.1) is 0 Å². The van der Waals surface area contributed by atoms with E-state index in [0.29, 0.717) is 38.2 Å². The van der Waals surface area contributed by atoms with Crippen LogP contribution in [0.1, 0.15) is 66.2 Å². The number of ether oxygens (including phenoxy) is 1. The lowest BCUT2D eigenvalue weighted by atomic mass is 9.97. The summed E-state index contributed by atoms with van der Waals surface area (Å²) in [5.74, 6) is -0.390. The summed E-state index contributed by atoms with van der Waals surface area (Å²) < 4.78 is 7.74. The number of rotatable bonds is 8. The van der Waals surface area contributed by atoms with Crippen LogP contribution in [0.3, 0.4) is 0 Å². The Bertz CT molecular complexity index is 1390. The molecule has 0 spiro atoms. The van der Waals surface area contributed by atoms with E-state index in [2.05, 4.69) is 29.1 Å². The molecule has 9 heteroatoms. The zero-order valence-corrected chi connectivity index (χ0v) is 22.2. The van der Waals surface area contributed by atoms with E-state index >= 15 is 0 Å². The Kier molecular flexibility index (Phi) is 7.10. The summed E-state index contributed by atoms with van der Waals surface area (Å²) >= 11 is 0. The van der Waals surface area contributed by atoms with E-state index in [1.807, 2.05) is 24.3 Å². The third-order valence-electron chi connectivity index (χ3n) is 8.03. The lowest BCUT2D eigenvalue weighted by Crippen LogP contribution is -2.40. The predicted octanol–water partition coefficient (Wildman–Crippen LogP) is 4.37. The fourth-order valence-electron chi connectivity index (χ4n) is 5.89. The number of hydroxylamine groups is 1. The number of imide groups is 1. The van der Waals surface area contributed by atoms with Crippen LogP contribution in [-0.4, -0.2) is 57.7 Å². The minimum Gasteiger partial charge on any atom is -0.350 e. The second-order valence-corrected chi connectivity index (χ2v) is 10.5. The molecule has 6 rings (SSSR count). The van der Waals surface area contributed by atoms with E-state index in [9.17, 15) is 14.4 Å². The van der Waals surface area contributed by atoms with Crippen molar-refractivity contribution in [1.29, 1.82) is 0 Å². The molecule has 39 heavy (non-hydrogen) atoms. The first-order valence-electron chi connectivity index (χ1n) is 13.9. The average Bonchev–Trinajstić information content (AvgIpc) is 3.40. The smallest absolute Gasteiger partial charge is 0.327 e.